The van der Waals surface area contributed by atoms with Crippen molar-refractivity contribution in [1.29, 1.82) is 0 Å². The van der Waals surface area contributed by atoms with Crippen molar-refractivity contribution in [3.05, 3.63) is 34.6 Å². The van der Waals surface area contributed by atoms with Crippen LogP contribution < -0.4 is 5.32 Å². The van der Waals surface area contributed by atoms with Gasteiger partial charge in [-0.05, 0) is 30.7 Å². The van der Waals surface area contributed by atoms with E-state index in [1.165, 1.54) is 6.07 Å². The van der Waals surface area contributed by atoms with Crippen molar-refractivity contribution in [2.75, 3.05) is 19.8 Å². The van der Waals surface area contributed by atoms with Crippen LogP contribution in [0.2, 0.25) is 5.02 Å². The Kier molecular flexibility index (Phi) is 5.52. The van der Waals surface area contributed by atoms with E-state index in [1.54, 1.807) is 12.1 Å². The van der Waals surface area contributed by atoms with Gasteiger partial charge in [-0.3, -0.25) is 4.79 Å². The van der Waals surface area contributed by atoms with E-state index < -0.39 is 5.82 Å². The van der Waals surface area contributed by atoms with Gasteiger partial charge in [-0.1, -0.05) is 24.6 Å². The number of halogens is 2. The molecule has 0 aliphatic carbocycles. The number of carbonyl (C=O) groups excluding carboxylic acids is 1. The Labute approximate surface area is 123 Å². The summed E-state index contributed by atoms with van der Waals surface area (Å²) in [4.78, 5) is 12.3. The van der Waals surface area contributed by atoms with Crippen LogP contribution >= 0.6 is 11.6 Å². The number of hydrogen-bond acceptors (Lipinski definition) is 3. The maximum Gasteiger partial charge on any atom is 0.144 e. The van der Waals surface area contributed by atoms with Crippen molar-refractivity contribution >= 4 is 17.4 Å². The maximum absolute atomic E-state index is 13.7. The van der Waals surface area contributed by atoms with Crippen molar-refractivity contribution in [3.8, 4) is 0 Å². The summed E-state index contributed by atoms with van der Waals surface area (Å²) in [5.74, 6) is -0.614. The molecule has 0 saturated carbocycles. The molecule has 1 fully saturated rings. The first kappa shape index (κ1) is 15.4. The Balaban J connectivity index is 2.00. The molecule has 2 rings (SSSR count). The van der Waals surface area contributed by atoms with Crippen molar-refractivity contribution < 1.29 is 13.9 Å². The monoisotopic (exact) mass is 299 g/mol. The van der Waals surface area contributed by atoms with Gasteiger partial charge in [0.15, 0.2) is 0 Å². The van der Waals surface area contributed by atoms with E-state index in [9.17, 15) is 9.18 Å². The third-order valence-electron chi connectivity index (χ3n) is 3.53. The fraction of sp³-hybridized carbons (Fsp3) is 0.533. The summed E-state index contributed by atoms with van der Waals surface area (Å²) in [5, 5.41) is 3.65. The molecular formula is C15H19ClFNO2. The average Bonchev–Trinajstić information content (AvgIpc) is 2.88. The summed E-state index contributed by atoms with van der Waals surface area (Å²) in [6, 6.07) is 4.45. The van der Waals surface area contributed by atoms with Gasteiger partial charge in [0.1, 0.15) is 11.6 Å². The number of benzene rings is 1. The summed E-state index contributed by atoms with van der Waals surface area (Å²) in [7, 11) is 0. The summed E-state index contributed by atoms with van der Waals surface area (Å²) < 4.78 is 19.1. The SMILES string of the molecule is CCCNC1COCC1C(=O)Cc1ccc(Cl)cc1F. The van der Waals surface area contributed by atoms with Crippen LogP contribution in [0, 0.1) is 11.7 Å². The molecular weight excluding hydrogens is 281 g/mol. The number of ether oxygens (including phenoxy) is 1. The van der Waals surface area contributed by atoms with Crippen molar-refractivity contribution in [3.63, 3.8) is 0 Å². The van der Waals surface area contributed by atoms with Gasteiger partial charge in [-0.25, -0.2) is 4.39 Å². The molecule has 1 aromatic carbocycles. The number of nitrogens with one attached hydrogen (secondary N) is 1. The molecule has 20 heavy (non-hydrogen) atoms. The second-order valence-corrected chi connectivity index (χ2v) is 5.52. The van der Waals surface area contributed by atoms with Crippen molar-refractivity contribution in [2.45, 2.75) is 25.8 Å². The number of hydrogen-bond donors (Lipinski definition) is 1. The highest BCUT2D eigenvalue weighted by Crippen LogP contribution is 2.20. The number of rotatable bonds is 6. The second kappa shape index (κ2) is 7.16. The van der Waals surface area contributed by atoms with E-state index in [1.807, 2.05) is 0 Å². The van der Waals surface area contributed by atoms with Crippen LogP contribution in [0.15, 0.2) is 18.2 Å². The zero-order chi connectivity index (χ0) is 14.5. The van der Waals surface area contributed by atoms with E-state index in [2.05, 4.69) is 12.2 Å². The molecule has 0 amide bonds. The zero-order valence-corrected chi connectivity index (χ0v) is 12.3. The first-order valence-corrected chi connectivity index (χ1v) is 7.27. The van der Waals surface area contributed by atoms with Crippen LogP contribution in [-0.2, 0) is 16.0 Å². The smallest absolute Gasteiger partial charge is 0.144 e. The Morgan fingerprint density at radius 1 is 1.50 bits per heavy atom. The molecule has 5 heteroatoms. The largest absolute Gasteiger partial charge is 0.379 e. The first-order valence-electron chi connectivity index (χ1n) is 6.89. The fourth-order valence-electron chi connectivity index (χ4n) is 2.39. The molecule has 1 aromatic rings. The maximum atomic E-state index is 13.7. The molecule has 2 unspecified atom stereocenters. The Hall–Kier alpha value is -0.970. The zero-order valence-electron chi connectivity index (χ0n) is 11.5. The minimum atomic E-state index is -0.428. The molecule has 2 atom stereocenters. The summed E-state index contributed by atoms with van der Waals surface area (Å²) >= 11 is 5.71. The number of Topliss-reactive ketones (excluding diaryl/α,β-unsaturated/α-hetero) is 1. The lowest BCUT2D eigenvalue weighted by Crippen LogP contribution is -2.40. The highest BCUT2D eigenvalue weighted by Gasteiger charge is 2.33. The highest BCUT2D eigenvalue weighted by molar-refractivity contribution is 6.30. The van der Waals surface area contributed by atoms with Crippen molar-refractivity contribution in [2.24, 2.45) is 5.92 Å². The Morgan fingerprint density at radius 3 is 3.00 bits per heavy atom. The summed E-state index contributed by atoms with van der Waals surface area (Å²) in [6.07, 6.45) is 1.09. The fourth-order valence-corrected chi connectivity index (χ4v) is 2.55. The number of ketones is 1. The van der Waals surface area contributed by atoms with Crippen LogP contribution in [0.5, 0.6) is 0 Å². The van der Waals surface area contributed by atoms with Gasteiger partial charge < -0.3 is 10.1 Å². The molecule has 1 saturated heterocycles. The topological polar surface area (TPSA) is 38.3 Å². The summed E-state index contributed by atoms with van der Waals surface area (Å²) in [5.41, 5.74) is 0.389. The van der Waals surface area contributed by atoms with Gasteiger partial charge in [-0.2, -0.15) is 0 Å². The molecule has 0 spiro atoms. The average molecular weight is 300 g/mol. The third kappa shape index (κ3) is 3.78. The lowest BCUT2D eigenvalue weighted by molar-refractivity contribution is -0.122. The quantitative estimate of drug-likeness (QED) is 0.877. The Morgan fingerprint density at radius 2 is 2.30 bits per heavy atom. The van der Waals surface area contributed by atoms with Gasteiger partial charge in [-0.15, -0.1) is 0 Å². The van der Waals surface area contributed by atoms with E-state index in [-0.39, 0.29) is 24.2 Å². The molecule has 1 heterocycles. The van der Waals surface area contributed by atoms with E-state index in [4.69, 9.17) is 16.3 Å². The molecule has 3 nitrogen and oxygen atoms in total. The molecule has 1 aliphatic rings. The van der Waals surface area contributed by atoms with E-state index >= 15 is 0 Å². The first-order chi connectivity index (χ1) is 9.61. The van der Waals surface area contributed by atoms with E-state index in [0.29, 0.717) is 23.8 Å². The standard InChI is InChI=1S/C15H19ClFNO2/c1-2-5-18-14-9-20-8-12(14)15(19)6-10-3-4-11(16)7-13(10)17/h3-4,7,12,14,18H,2,5-6,8-9H2,1H3. The van der Waals surface area contributed by atoms with Crippen molar-refractivity contribution in [1.82, 2.24) is 5.32 Å². The molecule has 0 bridgehead atoms. The second-order valence-electron chi connectivity index (χ2n) is 5.08. The minimum Gasteiger partial charge on any atom is -0.379 e. The van der Waals surface area contributed by atoms with Crippen LogP contribution in [0.1, 0.15) is 18.9 Å². The molecule has 110 valence electrons. The molecule has 0 radical (unpaired) electrons. The van der Waals surface area contributed by atoms with Crippen LogP contribution in [0.25, 0.3) is 0 Å². The molecule has 1 aliphatic heterocycles. The van der Waals surface area contributed by atoms with E-state index in [0.717, 1.165) is 13.0 Å². The van der Waals surface area contributed by atoms with Gasteiger partial charge >= 0.3 is 0 Å². The third-order valence-corrected chi connectivity index (χ3v) is 3.77. The lowest BCUT2D eigenvalue weighted by atomic mass is 9.93. The normalized spacial score (nSPS) is 22.1. The van der Waals surface area contributed by atoms with Gasteiger partial charge in [0.2, 0.25) is 0 Å². The van der Waals surface area contributed by atoms with Gasteiger partial charge in [0.05, 0.1) is 19.1 Å². The lowest BCUT2D eigenvalue weighted by Gasteiger charge is -2.17. The minimum absolute atomic E-state index is 0.0114. The predicted octanol–water partition coefficient (Wildman–Crippen LogP) is 2.61. The number of carbonyl (C=O) groups is 1. The molecule has 1 N–H and O–H groups in total. The summed E-state index contributed by atoms with van der Waals surface area (Å²) in [6.45, 7) is 3.88. The van der Waals surface area contributed by atoms with Gasteiger partial charge in [0.25, 0.3) is 0 Å². The van der Waals surface area contributed by atoms with Gasteiger partial charge in [0, 0.05) is 17.5 Å². The van der Waals surface area contributed by atoms with Crippen LogP contribution in [0.3, 0.4) is 0 Å². The molecule has 0 aromatic heterocycles. The highest BCUT2D eigenvalue weighted by atomic mass is 35.5. The Bertz CT molecular complexity index is 481. The van der Waals surface area contributed by atoms with Crippen LogP contribution in [-0.4, -0.2) is 31.6 Å². The van der Waals surface area contributed by atoms with Crippen LogP contribution in [0.4, 0.5) is 4.39 Å². The predicted molar refractivity (Wildman–Crippen MR) is 76.5 cm³/mol.